The van der Waals surface area contributed by atoms with Crippen molar-refractivity contribution in [3.8, 4) is 0 Å². The van der Waals surface area contributed by atoms with E-state index < -0.39 is 0 Å². The Balaban J connectivity index is -0.0000000817. The molecule has 11 heavy (non-hydrogen) atoms. The number of likely N-dealkylation sites (N-methyl/N-ethyl adjacent to an activating group) is 2. The molecule has 0 saturated heterocycles. The molecule has 0 rings (SSSR count). The van der Waals surface area contributed by atoms with Crippen molar-refractivity contribution in [1.82, 2.24) is 9.80 Å². The molecule has 0 aromatic carbocycles. The summed E-state index contributed by atoms with van der Waals surface area (Å²) in [6, 6.07) is 0. The molecule has 0 unspecified atom stereocenters. The molecule has 0 atom stereocenters. The summed E-state index contributed by atoms with van der Waals surface area (Å²) in [7, 11) is 8.35. The molecule has 2 radical (unpaired) electrons. The van der Waals surface area contributed by atoms with Crippen LogP contribution in [0.4, 0.5) is 0 Å². The largest absolute Gasteiger partial charge is 2.00 e. The quantitative estimate of drug-likeness (QED) is 0.479. The fourth-order valence-corrected chi connectivity index (χ4v) is 0.400. The molecule has 0 heterocycles. The summed E-state index contributed by atoms with van der Waals surface area (Å²) in [6.45, 7) is 2.29. The molecule has 0 aliphatic carbocycles. The van der Waals surface area contributed by atoms with Gasteiger partial charge in [0.25, 0.3) is 0 Å². The van der Waals surface area contributed by atoms with E-state index in [-0.39, 0.29) is 48.7 Å². The molecule has 5 heteroatoms. The van der Waals surface area contributed by atoms with Gasteiger partial charge < -0.3 is 34.6 Å². The monoisotopic (exact) mass is 306 g/mol. The van der Waals surface area contributed by atoms with E-state index in [0.717, 1.165) is 13.1 Å². The Morgan fingerprint density at radius 1 is 0.727 bits per heavy atom. The van der Waals surface area contributed by atoms with Crippen LogP contribution < -0.4 is 24.8 Å². The number of rotatable bonds is 3. The Morgan fingerprint density at radius 2 is 0.909 bits per heavy atom. The normalized spacial score (nSPS) is 8.18. The maximum Gasteiger partial charge on any atom is 2.00 e. The maximum atomic E-state index is 2.18. The average Bonchev–Trinajstić information content (AvgIpc) is 1.61. The average molecular weight is 306 g/mol. The van der Waals surface area contributed by atoms with Crippen molar-refractivity contribution < 1.29 is 24.8 Å². The second kappa shape index (κ2) is 13.9. The fourth-order valence-electron chi connectivity index (χ4n) is 0.400. The fraction of sp³-hybridized carbons (Fsp3) is 1.00. The van der Waals surface area contributed by atoms with Crippen molar-refractivity contribution in [2.75, 3.05) is 41.3 Å². The first-order chi connectivity index (χ1) is 3.63. The van der Waals surface area contributed by atoms with Gasteiger partial charge in [0, 0.05) is 13.1 Å². The number of nitrogens with zero attached hydrogens (tertiary/aromatic N) is 2. The zero-order chi connectivity index (χ0) is 6.57. The van der Waals surface area contributed by atoms with Crippen molar-refractivity contribution in [2.24, 2.45) is 0 Å². The maximum absolute atomic E-state index is 2.18. The van der Waals surface area contributed by atoms with E-state index in [1.54, 1.807) is 0 Å². The van der Waals surface area contributed by atoms with E-state index in [1.165, 1.54) is 0 Å². The molecule has 0 saturated carbocycles. The van der Waals surface area contributed by atoms with Crippen LogP contribution in [0.25, 0.3) is 0 Å². The molecular formula is C6H16Cl2N2Sn. The molecule has 0 bridgehead atoms. The Hall–Kier alpha value is 1.30. The minimum Gasteiger partial charge on any atom is -1.00 e. The van der Waals surface area contributed by atoms with Crippen LogP contribution in [0.15, 0.2) is 0 Å². The molecule has 0 spiro atoms. The molecule has 0 aromatic heterocycles. The van der Waals surface area contributed by atoms with Gasteiger partial charge in [-0.1, -0.05) is 0 Å². The third-order valence-electron chi connectivity index (χ3n) is 0.994. The first kappa shape index (κ1) is 22.8. The van der Waals surface area contributed by atoms with Crippen LogP contribution >= 0.6 is 0 Å². The zero-order valence-electron chi connectivity index (χ0n) is 7.56. The van der Waals surface area contributed by atoms with Crippen LogP contribution in [-0.4, -0.2) is 75.0 Å². The molecule has 0 aliphatic rings. The Morgan fingerprint density at radius 3 is 1.00 bits per heavy atom. The van der Waals surface area contributed by atoms with Gasteiger partial charge in [0.15, 0.2) is 0 Å². The van der Waals surface area contributed by atoms with Gasteiger partial charge in [0.2, 0.25) is 0 Å². The number of hydrogen-bond donors (Lipinski definition) is 0. The van der Waals surface area contributed by atoms with Gasteiger partial charge in [-0.15, -0.1) is 0 Å². The molecule has 2 nitrogen and oxygen atoms in total. The van der Waals surface area contributed by atoms with Crippen LogP contribution in [0.2, 0.25) is 0 Å². The Bertz CT molecular complexity index is 54.5. The van der Waals surface area contributed by atoms with Gasteiger partial charge in [-0.25, -0.2) is 0 Å². The summed E-state index contributed by atoms with van der Waals surface area (Å²) >= 11 is 0. The zero-order valence-corrected chi connectivity index (χ0v) is 11.9. The molecule has 0 amide bonds. The van der Waals surface area contributed by atoms with E-state index in [4.69, 9.17) is 0 Å². The van der Waals surface area contributed by atoms with Crippen molar-refractivity contribution in [2.45, 2.75) is 0 Å². The molecule has 0 aliphatic heterocycles. The van der Waals surface area contributed by atoms with E-state index in [2.05, 4.69) is 38.0 Å². The second-order valence-electron chi connectivity index (χ2n) is 2.61. The van der Waals surface area contributed by atoms with Crippen LogP contribution in [0, 0.1) is 0 Å². The van der Waals surface area contributed by atoms with Crippen LogP contribution in [-0.2, 0) is 0 Å². The van der Waals surface area contributed by atoms with E-state index >= 15 is 0 Å². The summed E-state index contributed by atoms with van der Waals surface area (Å²) in [6.07, 6.45) is 0. The van der Waals surface area contributed by atoms with Gasteiger partial charge in [0.05, 0.1) is 0 Å². The number of halogens is 2. The minimum absolute atomic E-state index is 0. The molecule has 68 valence electrons. The first-order valence-corrected chi connectivity index (χ1v) is 2.92. The van der Waals surface area contributed by atoms with Gasteiger partial charge >= 0.3 is 23.9 Å². The van der Waals surface area contributed by atoms with Crippen molar-refractivity contribution in [1.29, 1.82) is 0 Å². The van der Waals surface area contributed by atoms with Gasteiger partial charge in [0.1, 0.15) is 0 Å². The van der Waals surface area contributed by atoms with Crippen LogP contribution in [0.1, 0.15) is 0 Å². The van der Waals surface area contributed by atoms with Gasteiger partial charge in [-0.2, -0.15) is 0 Å². The summed E-state index contributed by atoms with van der Waals surface area (Å²) in [5, 5.41) is 0. The third kappa shape index (κ3) is 24.6. The predicted octanol–water partition coefficient (Wildman–Crippen LogP) is -6.26. The predicted molar refractivity (Wildman–Crippen MR) is 42.9 cm³/mol. The Kier molecular flexibility index (Phi) is 28.7. The number of hydrogen-bond acceptors (Lipinski definition) is 2. The Labute approximate surface area is 99.5 Å². The minimum atomic E-state index is 0. The SMILES string of the molecule is CN(C)CCN(C)C.[Cl-].[Cl-].[Sn+2]. The standard InChI is InChI=1S/C6H16N2.2ClH.Sn/c1-7(2)5-6-8(3)4;;;/h5-6H2,1-4H3;2*1H;/q;;;+2/p-2. The van der Waals surface area contributed by atoms with E-state index in [1.807, 2.05) is 0 Å². The topological polar surface area (TPSA) is 6.48 Å². The molecule has 0 N–H and O–H groups in total. The first-order valence-electron chi connectivity index (χ1n) is 2.92. The van der Waals surface area contributed by atoms with Gasteiger partial charge in [-0.05, 0) is 28.2 Å². The van der Waals surface area contributed by atoms with E-state index in [9.17, 15) is 0 Å². The van der Waals surface area contributed by atoms with Crippen LogP contribution in [0.5, 0.6) is 0 Å². The van der Waals surface area contributed by atoms with Gasteiger partial charge in [-0.3, -0.25) is 0 Å². The second-order valence-corrected chi connectivity index (χ2v) is 2.61. The van der Waals surface area contributed by atoms with Crippen molar-refractivity contribution in [3.05, 3.63) is 0 Å². The van der Waals surface area contributed by atoms with E-state index in [0.29, 0.717) is 0 Å². The molecular weight excluding hydrogens is 290 g/mol. The summed E-state index contributed by atoms with van der Waals surface area (Å²) in [4.78, 5) is 4.36. The van der Waals surface area contributed by atoms with Crippen LogP contribution in [0.3, 0.4) is 0 Å². The smallest absolute Gasteiger partial charge is 1.00 e. The van der Waals surface area contributed by atoms with Crippen molar-refractivity contribution in [3.63, 3.8) is 0 Å². The molecule has 0 fully saturated rings. The molecule has 0 aromatic rings. The summed E-state index contributed by atoms with van der Waals surface area (Å²) in [5.74, 6) is 0. The summed E-state index contributed by atoms with van der Waals surface area (Å²) in [5.41, 5.74) is 0. The van der Waals surface area contributed by atoms with Crippen molar-refractivity contribution >= 4 is 23.9 Å². The summed E-state index contributed by atoms with van der Waals surface area (Å²) < 4.78 is 0. The third-order valence-corrected chi connectivity index (χ3v) is 0.994.